The summed E-state index contributed by atoms with van der Waals surface area (Å²) in [5, 5.41) is 0. The van der Waals surface area contributed by atoms with Gasteiger partial charge in [-0.1, -0.05) is 0 Å². The van der Waals surface area contributed by atoms with Crippen molar-refractivity contribution in [1.29, 1.82) is 0 Å². The first-order valence-corrected chi connectivity index (χ1v) is 6.01. The van der Waals surface area contributed by atoms with E-state index in [1.165, 1.54) is 0 Å². The third kappa shape index (κ3) is 3.10. The van der Waals surface area contributed by atoms with Gasteiger partial charge in [-0.15, -0.1) is 0 Å². The Hall–Kier alpha value is -1.28. The highest BCUT2D eigenvalue weighted by atomic mass is 32.2. The van der Waals surface area contributed by atoms with Gasteiger partial charge in [-0.2, -0.15) is 13.2 Å². The van der Waals surface area contributed by atoms with Gasteiger partial charge in [0.1, 0.15) is 12.4 Å². The van der Waals surface area contributed by atoms with Crippen molar-refractivity contribution in [3.8, 4) is 5.75 Å². The second-order valence-corrected chi connectivity index (χ2v) is 5.00. The van der Waals surface area contributed by atoms with Crippen LogP contribution in [0.2, 0.25) is 0 Å². The molecule has 0 heterocycles. The number of benzene rings is 1. The standard InChI is InChI=1S/C9H10F3NO3S/c10-9(11,12)17(14,15)8-3-1-7(2-4-8)16-6-5-13/h1-4H,5-6,13H2. The van der Waals surface area contributed by atoms with Gasteiger partial charge in [0.15, 0.2) is 0 Å². The molecule has 0 spiro atoms. The summed E-state index contributed by atoms with van der Waals surface area (Å²) in [6, 6.07) is 3.98. The summed E-state index contributed by atoms with van der Waals surface area (Å²) in [6.07, 6.45) is 0. The van der Waals surface area contributed by atoms with E-state index < -0.39 is 20.2 Å². The lowest BCUT2D eigenvalue weighted by molar-refractivity contribution is -0.0436. The Morgan fingerprint density at radius 2 is 1.71 bits per heavy atom. The van der Waals surface area contributed by atoms with Crippen LogP contribution in [-0.4, -0.2) is 27.1 Å². The molecule has 0 aliphatic heterocycles. The number of sulfone groups is 1. The molecular formula is C9H10F3NO3S. The van der Waals surface area contributed by atoms with Gasteiger partial charge < -0.3 is 10.5 Å². The summed E-state index contributed by atoms with van der Waals surface area (Å²) in [7, 11) is -5.29. The molecule has 17 heavy (non-hydrogen) atoms. The minimum atomic E-state index is -5.30. The number of ether oxygens (including phenoxy) is 1. The fraction of sp³-hybridized carbons (Fsp3) is 0.333. The van der Waals surface area contributed by atoms with Gasteiger partial charge in [0.05, 0.1) is 4.90 Å². The van der Waals surface area contributed by atoms with Crippen molar-refractivity contribution >= 4 is 9.84 Å². The molecule has 0 aromatic heterocycles. The second kappa shape index (κ2) is 4.92. The Labute approximate surface area is 96.1 Å². The highest BCUT2D eigenvalue weighted by Crippen LogP contribution is 2.30. The zero-order valence-electron chi connectivity index (χ0n) is 8.57. The lowest BCUT2D eigenvalue weighted by Gasteiger charge is -2.09. The van der Waals surface area contributed by atoms with E-state index in [1.807, 2.05) is 0 Å². The molecule has 2 N–H and O–H groups in total. The van der Waals surface area contributed by atoms with E-state index in [9.17, 15) is 21.6 Å². The highest BCUT2D eigenvalue weighted by molar-refractivity contribution is 7.92. The lowest BCUT2D eigenvalue weighted by atomic mass is 10.3. The number of hydrogen-bond donors (Lipinski definition) is 1. The molecule has 0 fully saturated rings. The Morgan fingerprint density at radius 1 is 1.18 bits per heavy atom. The highest BCUT2D eigenvalue weighted by Gasteiger charge is 2.46. The van der Waals surface area contributed by atoms with Crippen LogP contribution >= 0.6 is 0 Å². The van der Waals surface area contributed by atoms with Crippen LogP contribution in [0.3, 0.4) is 0 Å². The third-order valence-corrected chi connectivity index (χ3v) is 3.33. The Morgan fingerprint density at radius 3 is 2.12 bits per heavy atom. The van der Waals surface area contributed by atoms with Crippen LogP contribution < -0.4 is 10.5 Å². The van der Waals surface area contributed by atoms with Crippen molar-refractivity contribution in [3.05, 3.63) is 24.3 Å². The lowest BCUT2D eigenvalue weighted by Crippen LogP contribution is -2.23. The third-order valence-electron chi connectivity index (χ3n) is 1.83. The number of alkyl halides is 3. The summed E-state index contributed by atoms with van der Waals surface area (Å²) in [5.41, 5.74) is -0.136. The molecule has 0 amide bonds. The van der Waals surface area contributed by atoms with Gasteiger partial charge in [-0.3, -0.25) is 0 Å². The Balaban J connectivity index is 2.96. The van der Waals surface area contributed by atoms with Crippen LogP contribution in [0.5, 0.6) is 5.75 Å². The van der Waals surface area contributed by atoms with Gasteiger partial charge in [0.25, 0.3) is 9.84 Å². The average molecular weight is 269 g/mol. The fourth-order valence-corrected chi connectivity index (χ4v) is 1.79. The summed E-state index contributed by atoms with van der Waals surface area (Å²) in [6.45, 7) is 0.452. The number of rotatable bonds is 4. The molecular weight excluding hydrogens is 259 g/mol. The number of hydrogen-bond acceptors (Lipinski definition) is 4. The van der Waals surface area contributed by atoms with E-state index >= 15 is 0 Å². The van der Waals surface area contributed by atoms with Gasteiger partial charge in [0, 0.05) is 6.54 Å². The molecule has 0 saturated carbocycles. The van der Waals surface area contributed by atoms with Crippen LogP contribution in [0.1, 0.15) is 0 Å². The van der Waals surface area contributed by atoms with Crippen molar-refractivity contribution in [2.75, 3.05) is 13.2 Å². The molecule has 0 atom stereocenters. The molecule has 0 aliphatic carbocycles. The quantitative estimate of drug-likeness (QED) is 0.895. The van der Waals surface area contributed by atoms with Gasteiger partial charge in [-0.05, 0) is 24.3 Å². The van der Waals surface area contributed by atoms with Crippen LogP contribution in [0.25, 0.3) is 0 Å². The Bertz CT molecular complexity index is 467. The largest absolute Gasteiger partial charge is 0.501 e. The first-order valence-electron chi connectivity index (χ1n) is 4.53. The topological polar surface area (TPSA) is 69.4 Å². The zero-order valence-corrected chi connectivity index (χ0v) is 9.38. The van der Waals surface area contributed by atoms with Crippen molar-refractivity contribution < 1.29 is 26.3 Å². The van der Waals surface area contributed by atoms with Crippen LogP contribution in [-0.2, 0) is 9.84 Å². The van der Waals surface area contributed by atoms with Crippen LogP contribution in [0.4, 0.5) is 13.2 Å². The Kier molecular flexibility index (Phi) is 3.99. The molecule has 0 saturated heterocycles. The minimum absolute atomic E-state index is 0.200. The maximum absolute atomic E-state index is 12.2. The smallest absolute Gasteiger partial charge is 0.492 e. The fourth-order valence-electron chi connectivity index (χ4n) is 1.03. The van der Waals surface area contributed by atoms with Gasteiger partial charge in [0.2, 0.25) is 0 Å². The summed E-state index contributed by atoms with van der Waals surface area (Å²) in [4.78, 5) is -0.815. The maximum atomic E-state index is 12.2. The van der Waals surface area contributed by atoms with Crippen molar-refractivity contribution in [2.45, 2.75) is 10.4 Å². The number of nitrogens with two attached hydrogens (primary N) is 1. The molecule has 0 unspecified atom stereocenters. The maximum Gasteiger partial charge on any atom is 0.501 e. The summed E-state index contributed by atoms with van der Waals surface area (Å²) >= 11 is 0. The second-order valence-electron chi connectivity index (χ2n) is 3.06. The molecule has 0 radical (unpaired) electrons. The van der Waals surface area contributed by atoms with Crippen LogP contribution in [0.15, 0.2) is 29.2 Å². The molecule has 0 aliphatic rings. The van der Waals surface area contributed by atoms with Crippen molar-refractivity contribution in [3.63, 3.8) is 0 Å². The van der Waals surface area contributed by atoms with E-state index in [2.05, 4.69) is 0 Å². The van der Waals surface area contributed by atoms with E-state index in [-0.39, 0.29) is 18.9 Å². The molecule has 0 bridgehead atoms. The van der Waals surface area contributed by atoms with Gasteiger partial charge in [-0.25, -0.2) is 8.42 Å². The predicted octanol–water partition coefficient (Wildman–Crippen LogP) is 1.32. The van der Waals surface area contributed by atoms with Crippen molar-refractivity contribution in [1.82, 2.24) is 0 Å². The normalized spacial score (nSPS) is 12.5. The summed E-state index contributed by atoms with van der Waals surface area (Å²) < 4.78 is 63.6. The van der Waals surface area contributed by atoms with Crippen LogP contribution in [0, 0.1) is 0 Å². The SMILES string of the molecule is NCCOc1ccc(S(=O)(=O)C(F)(F)F)cc1. The van der Waals surface area contributed by atoms with E-state index in [0.29, 0.717) is 0 Å². The molecule has 1 rings (SSSR count). The molecule has 8 heteroatoms. The first kappa shape index (κ1) is 13.8. The van der Waals surface area contributed by atoms with Gasteiger partial charge >= 0.3 is 5.51 Å². The van der Waals surface area contributed by atoms with E-state index in [1.54, 1.807) is 0 Å². The summed E-state index contributed by atoms with van der Waals surface area (Å²) in [5.74, 6) is 0.261. The van der Waals surface area contributed by atoms with E-state index in [0.717, 1.165) is 24.3 Å². The average Bonchev–Trinajstić information content (AvgIpc) is 2.25. The molecule has 96 valence electrons. The predicted molar refractivity (Wildman–Crippen MR) is 54.2 cm³/mol. The number of halogens is 3. The first-order chi connectivity index (χ1) is 7.79. The molecule has 1 aromatic carbocycles. The molecule has 4 nitrogen and oxygen atoms in total. The zero-order chi connectivity index (χ0) is 13.1. The minimum Gasteiger partial charge on any atom is -0.492 e. The van der Waals surface area contributed by atoms with Crippen molar-refractivity contribution in [2.24, 2.45) is 5.73 Å². The van der Waals surface area contributed by atoms with E-state index in [4.69, 9.17) is 10.5 Å². The monoisotopic (exact) mass is 269 g/mol. The molecule has 1 aromatic rings.